The van der Waals surface area contributed by atoms with Crippen LogP contribution in [0.1, 0.15) is 11.3 Å². The Bertz CT molecular complexity index is 864. The molecule has 0 aliphatic carbocycles. The number of halogens is 1. The predicted octanol–water partition coefficient (Wildman–Crippen LogP) is 4.66. The minimum Gasteiger partial charge on any atom is -0.506 e. The summed E-state index contributed by atoms with van der Waals surface area (Å²) in [4.78, 5) is 7.09. The number of anilines is 2. The van der Waals surface area contributed by atoms with Gasteiger partial charge in [-0.2, -0.15) is 0 Å². The van der Waals surface area contributed by atoms with Crippen LogP contribution in [0.25, 0.3) is 10.9 Å². The lowest BCUT2D eigenvalue weighted by Gasteiger charge is -2.25. The first-order valence-electron chi connectivity index (χ1n) is 7.26. The van der Waals surface area contributed by atoms with Crippen LogP contribution in [-0.4, -0.2) is 15.0 Å². The number of nitrogens with zero attached hydrogens (tertiary/aromatic N) is 2. The predicted molar refractivity (Wildman–Crippen MR) is 93.1 cm³/mol. The average Bonchev–Trinajstić information content (AvgIpc) is 2.88. The van der Waals surface area contributed by atoms with Gasteiger partial charge in [0.25, 0.3) is 0 Å². The molecule has 2 heterocycles. The number of aromatic nitrogens is 1. The van der Waals surface area contributed by atoms with Crippen molar-refractivity contribution in [2.75, 3.05) is 4.90 Å². The molecule has 0 radical (unpaired) electrons. The molecule has 3 aromatic rings. The highest BCUT2D eigenvalue weighted by molar-refractivity contribution is 9.09. The zero-order chi connectivity index (χ0) is 15.3. The van der Waals surface area contributed by atoms with E-state index < -0.39 is 0 Å². The Hall–Kier alpha value is -2.07. The first kappa shape index (κ1) is 13.6. The minimum atomic E-state index is 0.193. The summed E-state index contributed by atoms with van der Waals surface area (Å²) in [5.74, 6) is 0.231. The third-order valence-electron chi connectivity index (χ3n) is 4.20. The van der Waals surface area contributed by atoms with E-state index in [1.165, 1.54) is 5.56 Å². The fourth-order valence-corrected chi connectivity index (χ4v) is 3.97. The Morgan fingerprint density at radius 2 is 1.91 bits per heavy atom. The third kappa shape index (κ3) is 1.91. The molecule has 0 saturated heterocycles. The summed E-state index contributed by atoms with van der Waals surface area (Å²) >= 11 is 3.80. The van der Waals surface area contributed by atoms with Gasteiger partial charge in [0.05, 0.1) is 10.6 Å². The molecule has 22 heavy (non-hydrogen) atoms. The van der Waals surface area contributed by atoms with Gasteiger partial charge in [0.2, 0.25) is 0 Å². The van der Waals surface area contributed by atoms with Crippen LogP contribution in [-0.2, 0) is 6.42 Å². The standard InChI is InChI=1S/C18H15BrN2O/c1-11-14-10-16(19)21(12-6-3-2-4-7-12)18(14)13-8-5-9-15(22)17(13)20-11/h2-9,16,22H,10H2,1H3. The number of pyridine rings is 1. The molecule has 1 unspecified atom stereocenters. The van der Waals surface area contributed by atoms with Crippen molar-refractivity contribution in [3.05, 3.63) is 59.8 Å². The highest BCUT2D eigenvalue weighted by Gasteiger charge is 2.32. The summed E-state index contributed by atoms with van der Waals surface area (Å²) in [6.45, 7) is 2.01. The van der Waals surface area contributed by atoms with Gasteiger partial charge in [0.1, 0.15) is 11.3 Å². The third-order valence-corrected chi connectivity index (χ3v) is 4.93. The minimum absolute atomic E-state index is 0.193. The van der Waals surface area contributed by atoms with E-state index in [1.807, 2.05) is 37.3 Å². The van der Waals surface area contributed by atoms with Gasteiger partial charge in [-0.15, -0.1) is 0 Å². The molecule has 1 aromatic heterocycles. The van der Waals surface area contributed by atoms with Gasteiger partial charge in [-0.1, -0.05) is 46.3 Å². The zero-order valence-electron chi connectivity index (χ0n) is 12.1. The SMILES string of the molecule is Cc1nc2c(O)cccc2c2c1CC(Br)N2c1ccccc1. The molecule has 0 fully saturated rings. The van der Waals surface area contributed by atoms with E-state index in [0.717, 1.165) is 28.9 Å². The molecule has 4 rings (SSSR count). The Morgan fingerprint density at radius 3 is 2.68 bits per heavy atom. The number of aryl methyl sites for hydroxylation is 1. The molecule has 0 amide bonds. The molecule has 0 saturated carbocycles. The molecule has 4 heteroatoms. The summed E-state index contributed by atoms with van der Waals surface area (Å²) in [6, 6.07) is 15.9. The average molecular weight is 355 g/mol. The van der Waals surface area contributed by atoms with E-state index in [9.17, 15) is 5.11 Å². The zero-order valence-corrected chi connectivity index (χ0v) is 13.7. The van der Waals surface area contributed by atoms with Crippen molar-refractivity contribution in [1.29, 1.82) is 0 Å². The molecule has 1 aliphatic rings. The lowest BCUT2D eigenvalue weighted by molar-refractivity contribution is 0.480. The quantitative estimate of drug-likeness (QED) is 0.509. The van der Waals surface area contributed by atoms with Crippen LogP contribution >= 0.6 is 15.9 Å². The second-order valence-corrected chi connectivity index (χ2v) is 6.60. The summed E-state index contributed by atoms with van der Waals surface area (Å²) in [5, 5.41) is 11.1. The van der Waals surface area contributed by atoms with Crippen LogP contribution in [0.15, 0.2) is 48.5 Å². The van der Waals surface area contributed by atoms with E-state index in [4.69, 9.17) is 0 Å². The molecule has 110 valence electrons. The van der Waals surface area contributed by atoms with Gasteiger partial charge in [0, 0.05) is 28.8 Å². The molecule has 1 N–H and O–H groups in total. The Morgan fingerprint density at radius 1 is 1.14 bits per heavy atom. The summed E-state index contributed by atoms with van der Waals surface area (Å²) < 4.78 is 0. The maximum absolute atomic E-state index is 10.2. The van der Waals surface area contributed by atoms with E-state index in [1.54, 1.807) is 6.07 Å². The lowest BCUT2D eigenvalue weighted by Crippen LogP contribution is -2.21. The van der Waals surface area contributed by atoms with Gasteiger partial charge in [-0.05, 0) is 25.1 Å². The number of hydrogen-bond acceptors (Lipinski definition) is 3. The maximum atomic E-state index is 10.2. The van der Waals surface area contributed by atoms with Crippen molar-refractivity contribution < 1.29 is 5.11 Å². The van der Waals surface area contributed by atoms with Crippen molar-refractivity contribution >= 4 is 38.2 Å². The summed E-state index contributed by atoms with van der Waals surface area (Å²) in [5.41, 5.74) is 5.17. The summed E-state index contributed by atoms with van der Waals surface area (Å²) in [7, 11) is 0. The number of rotatable bonds is 1. The normalized spacial score (nSPS) is 17.0. The number of hydrogen-bond donors (Lipinski definition) is 1. The molecule has 1 aliphatic heterocycles. The van der Waals surface area contributed by atoms with Gasteiger partial charge < -0.3 is 10.0 Å². The van der Waals surface area contributed by atoms with Crippen molar-refractivity contribution in [1.82, 2.24) is 4.98 Å². The van der Waals surface area contributed by atoms with Crippen molar-refractivity contribution in [2.24, 2.45) is 0 Å². The molecule has 0 spiro atoms. The van der Waals surface area contributed by atoms with Crippen LogP contribution in [0.5, 0.6) is 5.75 Å². The fraction of sp³-hybridized carbons (Fsp3) is 0.167. The van der Waals surface area contributed by atoms with E-state index in [2.05, 4.69) is 37.9 Å². The Balaban J connectivity index is 2.05. The van der Waals surface area contributed by atoms with Crippen molar-refractivity contribution in [3.8, 4) is 5.75 Å². The number of fused-ring (bicyclic) bond motifs is 3. The number of benzene rings is 2. The Labute approximate surface area is 137 Å². The smallest absolute Gasteiger partial charge is 0.141 e. The highest BCUT2D eigenvalue weighted by Crippen LogP contribution is 2.46. The van der Waals surface area contributed by atoms with Crippen molar-refractivity contribution in [2.45, 2.75) is 18.3 Å². The van der Waals surface area contributed by atoms with E-state index in [-0.39, 0.29) is 10.7 Å². The second kappa shape index (κ2) is 4.99. The topological polar surface area (TPSA) is 36.4 Å². The molecule has 0 bridgehead atoms. The Kier molecular flexibility index (Phi) is 3.08. The first-order valence-corrected chi connectivity index (χ1v) is 8.18. The highest BCUT2D eigenvalue weighted by atomic mass is 79.9. The molecular weight excluding hydrogens is 340 g/mol. The van der Waals surface area contributed by atoms with Crippen LogP contribution in [0.4, 0.5) is 11.4 Å². The molecule has 3 nitrogen and oxygen atoms in total. The van der Waals surface area contributed by atoms with Gasteiger partial charge in [0.15, 0.2) is 0 Å². The second-order valence-electron chi connectivity index (χ2n) is 5.54. The number of alkyl halides is 1. The number of phenolic OH excluding ortho intramolecular Hbond substituents is 1. The van der Waals surface area contributed by atoms with Gasteiger partial charge >= 0.3 is 0 Å². The van der Waals surface area contributed by atoms with Gasteiger partial charge in [-0.3, -0.25) is 0 Å². The van der Waals surface area contributed by atoms with Gasteiger partial charge in [-0.25, -0.2) is 4.98 Å². The van der Waals surface area contributed by atoms with Crippen LogP contribution < -0.4 is 4.90 Å². The lowest BCUT2D eigenvalue weighted by atomic mass is 10.1. The largest absolute Gasteiger partial charge is 0.506 e. The number of aromatic hydroxyl groups is 1. The van der Waals surface area contributed by atoms with E-state index in [0.29, 0.717) is 5.52 Å². The van der Waals surface area contributed by atoms with Crippen LogP contribution in [0.2, 0.25) is 0 Å². The molecule has 2 aromatic carbocycles. The van der Waals surface area contributed by atoms with Crippen molar-refractivity contribution in [3.63, 3.8) is 0 Å². The number of para-hydroxylation sites is 2. The number of phenols is 1. The van der Waals surface area contributed by atoms with Crippen LogP contribution in [0.3, 0.4) is 0 Å². The molecular formula is C18H15BrN2O. The van der Waals surface area contributed by atoms with Crippen LogP contribution in [0, 0.1) is 6.92 Å². The first-order chi connectivity index (χ1) is 10.7. The summed E-state index contributed by atoms with van der Waals surface area (Å²) in [6.07, 6.45) is 0.897. The molecule has 1 atom stereocenters. The fourth-order valence-electron chi connectivity index (χ4n) is 3.21. The monoisotopic (exact) mass is 354 g/mol. The maximum Gasteiger partial charge on any atom is 0.141 e. The van der Waals surface area contributed by atoms with E-state index >= 15 is 0 Å².